The highest BCUT2D eigenvalue weighted by molar-refractivity contribution is 7.10. The molecule has 0 aliphatic rings. The minimum atomic E-state index is -0.128. The smallest absolute Gasteiger partial charge is 0.248 e. The Morgan fingerprint density at radius 2 is 1.68 bits per heavy atom. The second-order valence-electron chi connectivity index (χ2n) is 4.75. The Morgan fingerprint density at radius 1 is 0.909 bits per heavy atom. The monoisotopic (exact) mass is 305 g/mol. The van der Waals surface area contributed by atoms with E-state index in [0.29, 0.717) is 0 Å². The number of amides is 1. The van der Waals surface area contributed by atoms with Gasteiger partial charge in [-0.05, 0) is 29.2 Å². The maximum atomic E-state index is 12.1. The average Bonchev–Trinajstić information content (AvgIpc) is 3.08. The van der Waals surface area contributed by atoms with Crippen molar-refractivity contribution in [3.05, 3.63) is 83.1 Å². The molecule has 0 aliphatic carbocycles. The number of nitrogens with one attached hydrogen (secondary N) is 1. The molecule has 22 heavy (non-hydrogen) atoms. The molecule has 1 N–H and O–H groups in total. The Bertz CT molecular complexity index is 776. The van der Waals surface area contributed by atoms with Crippen molar-refractivity contribution < 1.29 is 4.79 Å². The van der Waals surface area contributed by atoms with Crippen LogP contribution in [0.3, 0.4) is 0 Å². The van der Waals surface area contributed by atoms with E-state index in [4.69, 9.17) is 0 Å². The van der Waals surface area contributed by atoms with Crippen molar-refractivity contribution >= 4 is 29.0 Å². The number of thiophene rings is 1. The summed E-state index contributed by atoms with van der Waals surface area (Å²) in [7, 11) is 0. The van der Waals surface area contributed by atoms with Crippen LogP contribution in [0.4, 0.5) is 5.69 Å². The lowest BCUT2D eigenvalue weighted by Gasteiger charge is -2.09. The molecule has 3 heteroatoms. The minimum absolute atomic E-state index is 0.128. The maximum Gasteiger partial charge on any atom is 0.248 e. The van der Waals surface area contributed by atoms with Crippen LogP contribution in [-0.2, 0) is 4.79 Å². The first-order valence-corrected chi connectivity index (χ1v) is 7.88. The molecule has 2 aromatic carbocycles. The van der Waals surface area contributed by atoms with Gasteiger partial charge in [0.25, 0.3) is 0 Å². The molecule has 1 heterocycles. The molecule has 0 spiro atoms. The van der Waals surface area contributed by atoms with Gasteiger partial charge in [0.2, 0.25) is 5.91 Å². The van der Waals surface area contributed by atoms with Crippen LogP contribution < -0.4 is 5.32 Å². The lowest BCUT2D eigenvalue weighted by atomic mass is 10.0. The summed E-state index contributed by atoms with van der Waals surface area (Å²) < 4.78 is 0. The van der Waals surface area contributed by atoms with Gasteiger partial charge in [0.1, 0.15) is 0 Å². The van der Waals surface area contributed by atoms with Gasteiger partial charge in [0.15, 0.2) is 0 Å². The summed E-state index contributed by atoms with van der Waals surface area (Å²) in [4.78, 5) is 13.2. The van der Waals surface area contributed by atoms with Crippen molar-refractivity contribution in [3.8, 4) is 11.1 Å². The Balaban J connectivity index is 1.80. The summed E-state index contributed by atoms with van der Waals surface area (Å²) >= 11 is 1.60. The molecule has 0 saturated carbocycles. The van der Waals surface area contributed by atoms with Crippen LogP contribution in [0.1, 0.15) is 4.88 Å². The molecule has 108 valence electrons. The fraction of sp³-hybridized carbons (Fsp3) is 0. The molecule has 0 atom stereocenters. The van der Waals surface area contributed by atoms with Gasteiger partial charge in [-0.1, -0.05) is 54.6 Å². The summed E-state index contributed by atoms with van der Waals surface area (Å²) in [6, 6.07) is 21.8. The normalized spacial score (nSPS) is 10.7. The second kappa shape index (κ2) is 6.87. The zero-order chi connectivity index (χ0) is 15.2. The van der Waals surface area contributed by atoms with E-state index < -0.39 is 0 Å². The van der Waals surface area contributed by atoms with Crippen LogP contribution in [-0.4, -0.2) is 5.91 Å². The first-order chi connectivity index (χ1) is 10.8. The van der Waals surface area contributed by atoms with Gasteiger partial charge in [-0.3, -0.25) is 4.79 Å². The van der Waals surface area contributed by atoms with Gasteiger partial charge < -0.3 is 5.32 Å². The molecule has 0 unspecified atom stereocenters. The van der Waals surface area contributed by atoms with Gasteiger partial charge in [0, 0.05) is 22.2 Å². The standard InChI is InChI=1S/C19H15NOS/c21-19(13-12-16-9-6-14-22-16)20-18-11-5-4-10-17(18)15-7-2-1-3-8-15/h1-14H,(H,20,21)/b13-12+. The van der Waals surface area contributed by atoms with Gasteiger partial charge in [-0.25, -0.2) is 0 Å². The summed E-state index contributed by atoms with van der Waals surface area (Å²) in [6.45, 7) is 0. The van der Waals surface area contributed by atoms with Crippen molar-refractivity contribution in [2.75, 3.05) is 5.32 Å². The quantitative estimate of drug-likeness (QED) is 0.670. The van der Waals surface area contributed by atoms with E-state index in [0.717, 1.165) is 21.7 Å². The number of rotatable bonds is 4. The van der Waals surface area contributed by atoms with Crippen molar-refractivity contribution in [1.29, 1.82) is 0 Å². The van der Waals surface area contributed by atoms with Crippen LogP contribution in [0.2, 0.25) is 0 Å². The maximum absolute atomic E-state index is 12.1. The zero-order valence-corrected chi connectivity index (χ0v) is 12.7. The molecule has 0 radical (unpaired) electrons. The van der Waals surface area contributed by atoms with Gasteiger partial charge >= 0.3 is 0 Å². The fourth-order valence-corrected chi connectivity index (χ4v) is 2.80. The number of carbonyl (C=O) groups is 1. The van der Waals surface area contributed by atoms with E-state index >= 15 is 0 Å². The first-order valence-electron chi connectivity index (χ1n) is 7.00. The largest absolute Gasteiger partial charge is 0.322 e. The number of hydrogen-bond acceptors (Lipinski definition) is 2. The van der Waals surface area contributed by atoms with Gasteiger partial charge in [0.05, 0.1) is 0 Å². The highest BCUT2D eigenvalue weighted by Crippen LogP contribution is 2.27. The van der Waals surface area contributed by atoms with Crippen molar-refractivity contribution in [3.63, 3.8) is 0 Å². The topological polar surface area (TPSA) is 29.1 Å². The lowest BCUT2D eigenvalue weighted by molar-refractivity contribution is -0.111. The van der Waals surface area contributed by atoms with Crippen molar-refractivity contribution in [2.24, 2.45) is 0 Å². The molecule has 0 bridgehead atoms. The third-order valence-corrected chi connectivity index (χ3v) is 4.05. The van der Waals surface area contributed by atoms with E-state index in [9.17, 15) is 4.79 Å². The molecule has 0 aliphatic heterocycles. The SMILES string of the molecule is O=C(/C=C/c1cccs1)Nc1ccccc1-c1ccccc1. The van der Waals surface area contributed by atoms with Crippen molar-refractivity contribution in [1.82, 2.24) is 0 Å². The fourth-order valence-electron chi connectivity index (χ4n) is 2.18. The van der Waals surface area contributed by atoms with Crippen LogP contribution in [0.5, 0.6) is 0 Å². The number of hydrogen-bond donors (Lipinski definition) is 1. The molecule has 0 fully saturated rings. The first kappa shape index (κ1) is 14.3. The zero-order valence-electron chi connectivity index (χ0n) is 11.9. The Labute approximate surface area is 133 Å². The van der Waals surface area contributed by atoms with E-state index in [1.165, 1.54) is 0 Å². The predicted octanol–water partition coefficient (Wildman–Crippen LogP) is 5.07. The van der Waals surface area contributed by atoms with Crippen LogP contribution >= 0.6 is 11.3 Å². The molecular formula is C19H15NOS. The number of carbonyl (C=O) groups excluding carboxylic acids is 1. The van der Waals surface area contributed by atoms with Crippen LogP contribution in [0.25, 0.3) is 17.2 Å². The lowest BCUT2D eigenvalue weighted by Crippen LogP contribution is -2.08. The summed E-state index contributed by atoms with van der Waals surface area (Å²) in [5.41, 5.74) is 2.91. The third-order valence-electron chi connectivity index (χ3n) is 3.21. The van der Waals surface area contributed by atoms with Crippen LogP contribution in [0, 0.1) is 0 Å². The molecular weight excluding hydrogens is 290 g/mol. The summed E-state index contributed by atoms with van der Waals surface area (Å²) in [5.74, 6) is -0.128. The Hall–Kier alpha value is -2.65. The molecule has 3 aromatic rings. The number of anilines is 1. The van der Waals surface area contributed by atoms with E-state index in [2.05, 4.69) is 5.32 Å². The van der Waals surface area contributed by atoms with E-state index in [1.54, 1.807) is 17.4 Å². The van der Waals surface area contributed by atoms with E-state index in [1.807, 2.05) is 78.2 Å². The minimum Gasteiger partial charge on any atom is -0.322 e. The second-order valence-corrected chi connectivity index (χ2v) is 5.73. The highest BCUT2D eigenvalue weighted by Gasteiger charge is 2.06. The van der Waals surface area contributed by atoms with Gasteiger partial charge in [-0.15, -0.1) is 11.3 Å². The Kier molecular flexibility index (Phi) is 4.47. The summed E-state index contributed by atoms with van der Waals surface area (Å²) in [5, 5.41) is 4.94. The average molecular weight is 305 g/mol. The van der Waals surface area contributed by atoms with Crippen molar-refractivity contribution in [2.45, 2.75) is 0 Å². The van der Waals surface area contributed by atoms with Gasteiger partial charge in [-0.2, -0.15) is 0 Å². The molecule has 2 nitrogen and oxygen atoms in total. The predicted molar refractivity (Wildman–Crippen MR) is 93.9 cm³/mol. The number of benzene rings is 2. The number of para-hydroxylation sites is 1. The van der Waals surface area contributed by atoms with Crippen LogP contribution in [0.15, 0.2) is 78.2 Å². The Morgan fingerprint density at radius 3 is 2.45 bits per heavy atom. The highest BCUT2D eigenvalue weighted by atomic mass is 32.1. The molecule has 1 aromatic heterocycles. The van der Waals surface area contributed by atoms with E-state index in [-0.39, 0.29) is 5.91 Å². The molecule has 3 rings (SSSR count). The molecule has 1 amide bonds. The summed E-state index contributed by atoms with van der Waals surface area (Å²) in [6.07, 6.45) is 3.39. The third kappa shape index (κ3) is 3.51. The molecule has 0 saturated heterocycles.